The number of thiocarbonyl (C=S) groups is 1. The van der Waals surface area contributed by atoms with Crippen LogP contribution in [0.2, 0.25) is 0 Å². The lowest BCUT2D eigenvalue weighted by molar-refractivity contribution is 0.261. The minimum Gasteiger partial charge on any atom is -0.331 e. The van der Waals surface area contributed by atoms with Gasteiger partial charge in [-0.1, -0.05) is 6.07 Å². The Morgan fingerprint density at radius 3 is 2.64 bits per heavy atom. The number of hydrazine groups is 1. The van der Waals surface area contributed by atoms with E-state index in [1.165, 1.54) is 29.5 Å². The van der Waals surface area contributed by atoms with Gasteiger partial charge >= 0.3 is 0 Å². The lowest BCUT2D eigenvalue weighted by atomic mass is 10.0. The van der Waals surface area contributed by atoms with Crippen LogP contribution in [0.1, 0.15) is 29.5 Å². The van der Waals surface area contributed by atoms with E-state index in [2.05, 4.69) is 61.4 Å². The summed E-state index contributed by atoms with van der Waals surface area (Å²) in [5, 5.41) is 6.24. The Kier molecular flexibility index (Phi) is 5.70. The fraction of sp³-hybridized carbons (Fsp3) is 0.529. The van der Waals surface area contributed by atoms with Crippen LogP contribution >= 0.6 is 19.1 Å². The number of benzene rings is 1. The number of nitrogens with zero attached hydrogens (tertiary/aromatic N) is 1. The molecule has 1 fully saturated rings. The summed E-state index contributed by atoms with van der Waals surface area (Å²) < 4.78 is 0. The Labute approximate surface area is 140 Å². The van der Waals surface area contributed by atoms with Gasteiger partial charge in [0.2, 0.25) is 0 Å². The van der Waals surface area contributed by atoms with E-state index in [0.29, 0.717) is 0 Å². The minimum absolute atomic E-state index is 0.765. The molecule has 3 nitrogen and oxygen atoms in total. The monoisotopic (exact) mass is 337 g/mol. The molecule has 1 saturated heterocycles. The third kappa shape index (κ3) is 4.84. The van der Waals surface area contributed by atoms with Crippen molar-refractivity contribution in [1.29, 1.82) is 0 Å². The maximum absolute atomic E-state index is 5.55. The molecule has 1 aromatic carbocycles. The van der Waals surface area contributed by atoms with Gasteiger partial charge in [-0.25, -0.2) is 5.43 Å². The number of hydrogen-bond donors (Lipinski definition) is 2. The van der Waals surface area contributed by atoms with Gasteiger partial charge in [0, 0.05) is 18.8 Å². The summed E-state index contributed by atoms with van der Waals surface area (Å²) in [5.41, 5.74) is 8.44. The third-order valence-electron chi connectivity index (χ3n) is 3.88. The Balaban J connectivity index is 2.17. The van der Waals surface area contributed by atoms with E-state index in [1.54, 1.807) is 0 Å². The fourth-order valence-electron chi connectivity index (χ4n) is 2.71. The molecular weight excluding hydrogens is 309 g/mol. The molecule has 1 aliphatic rings. The van der Waals surface area contributed by atoms with Crippen molar-refractivity contribution in [2.75, 3.05) is 31.7 Å². The molecule has 0 radical (unpaired) electrons. The van der Waals surface area contributed by atoms with Crippen molar-refractivity contribution >= 4 is 36.2 Å². The highest BCUT2D eigenvalue weighted by Gasteiger charge is 2.15. The van der Waals surface area contributed by atoms with Crippen LogP contribution in [0.15, 0.2) is 12.1 Å². The van der Waals surface area contributed by atoms with Crippen LogP contribution in [0.4, 0.5) is 5.69 Å². The van der Waals surface area contributed by atoms with Crippen LogP contribution in [0, 0.1) is 13.8 Å². The van der Waals surface area contributed by atoms with Crippen molar-refractivity contribution in [3.8, 4) is 0 Å². The summed E-state index contributed by atoms with van der Waals surface area (Å²) in [6, 6.07) is 4.51. The zero-order chi connectivity index (χ0) is 16.3. The molecule has 1 aromatic rings. The van der Waals surface area contributed by atoms with Crippen molar-refractivity contribution in [2.24, 2.45) is 0 Å². The Hall–Kier alpha value is -0.830. The van der Waals surface area contributed by atoms with Gasteiger partial charge in [0.15, 0.2) is 5.11 Å². The maximum Gasteiger partial charge on any atom is 0.187 e. The van der Waals surface area contributed by atoms with E-state index in [4.69, 9.17) is 12.2 Å². The van der Waals surface area contributed by atoms with Crippen LogP contribution in [0.5, 0.6) is 0 Å². The summed E-state index contributed by atoms with van der Waals surface area (Å²) in [6.45, 7) is 9.76. The Morgan fingerprint density at radius 1 is 1.32 bits per heavy atom. The number of rotatable bonds is 3. The van der Waals surface area contributed by atoms with Crippen molar-refractivity contribution in [3.05, 3.63) is 28.8 Å². The zero-order valence-corrected chi connectivity index (χ0v) is 15.9. The topological polar surface area (TPSA) is 27.3 Å². The van der Waals surface area contributed by atoms with E-state index in [-0.39, 0.29) is 0 Å². The van der Waals surface area contributed by atoms with E-state index < -0.39 is 6.89 Å². The van der Waals surface area contributed by atoms with Gasteiger partial charge in [0.25, 0.3) is 0 Å². The first-order valence-electron chi connectivity index (χ1n) is 7.86. The second-order valence-electron chi connectivity index (χ2n) is 6.88. The standard InChI is InChI=1S/C17H28N3PS/c1-13-10-14(2)16(11-15(13)12-21(3,4)5)19-17(22)20-9-7-6-8-18-20/h10-11,18H,3,6-9,12H2,1-2,4-5H3,(H,19,22). The zero-order valence-electron chi connectivity index (χ0n) is 14.2. The van der Waals surface area contributed by atoms with Gasteiger partial charge in [0.1, 0.15) is 0 Å². The highest BCUT2D eigenvalue weighted by Crippen LogP contribution is 2.41. The number of aryl methyl sites for hydroxylation is 2. The molecule has 0 saturated carbocycles. The first-order chi connectivity index (χ1) is 10.3. The first-order valence-corrected chi connectivity index (χ1v) is 11.3. The lowest BCUT2D eigenvalue weighted by Gasteiger charge is -2.30. The van der Waals surface area contributed by atoms with Gasteiger partial charge in [-0.2, -0.15) is 0 Å². The van der Waals surface area contributed by atoms with Crippen LogP contribution in [-0.4, -0.2) is 42.8 Å². The third-order valence-corrected chi connectivity index (χ3v) is 5.40. The van der Waals surface area contributed by atoms with Crippen LogP contribution in [0.3, 0.4) is 0 Å². The maximum atomic E-state index is 5.55. The lowest BCUT2D eigenvalue weighted by Crippen LogP contribution is -2.48. The molecule has 0 spiro atoms. The quantitative estimate of drug-likeness (QED) is 0.648. The van der Waals surface area contributed by atoms with E-state index in [0.717, 1.165) is 30.1 Å². The second kappa shape index (κ2) is 7.16. The highest BCUT2D eigenvalue weighted by atomic mass is 32.1. The van der Waals surface area contributed by atoms with Crippen LogP contribution in [-0.2, 0) is 6.16 Å². The number of anilines is 1. The van der Waals surface area contributed by atoms with E-state index in [9.17, 15) is 0 Å². The molecule has 1 heterocycles. The van der Waals surface area contributed by atoms with Crippen molar-refractivity contribution < 1.29 is 0 Å². The minimum atomic E-state index is -1.09. The van der Waals surface area contributed by atoms with Crippen molar-refractivity contribution in [3.63, 3.8) is 0 Å². The summed E-state index contributed by atoms with van der Waals surface area (Å²) in [7, 11) is 0. The Bertz CT molecular complexity index is 600. The molecule has 1 aliphatic heterocycles. The molecule has 2 rings (SSSR count). The van der Waals surface area contributed by atoms with Crippen LogP contribution in [0.25, 0.3) is 0 Å². The fourth-order valence-corrected chi connectivity index (χ4v) is 4.24. The number of hydrogen-bond acceptors (Lipinski definition) is 2. The normalized spacial score (nSPS) is 15.7. The molecule has 22 heavy (non-hydrogen) atoms. The van der Waals surface area contributed by atoms with Gasteiger partial charge in [0.05, 0.1) is 0 Å². The molecule has 0 aromatic heterocycles. The molecular formula is C17H28N3PS. The molecule has 122 valence electrons. The van der Waals surface area contributed by atoms with E-state index >= 15 is 0 Å². The average Bonchev–Trinajstić information content (AvgIpc) is 2.43. The van der Waals surface area contributed by atoms with Gasteiger partial charge in [-0.15, -0.1) is 13.2 Å². The predicted molar refractivity (Wildman–Crippen MR) is 106 cm³/mol. The van der Waals surface area contributed by atoms with Gasteiger partial charge in [-0.3, -0.25) is 5.01 Å². The smallest absolute Gasteiger partial charge is 0.187 e. The first kappa shape index (κ1) is 17.5. The molecule has 0 amide bonds. The van der Waals surface area contributed by atoms with E-state index in [1.807, 2.05) is 0 Å². The average molecular weight is 337 g/mol. The second-order valence-corrected chi connectivity index (χ2v) is 11.5. The van der Waals surface area contributed by atoms with Gasteiger partial charge < -0.3 is 5.32 Å². The van der Waals surface area contributed by atoms with Crippen molar-refractivity contribution in [1.82, 2.24) is 10.4 Å². The van der Waals surface area contributed by atoms with Gasteiger partial charge in [-0.05, 0) is 81.2 Å². The summed E-state index contributed by atoms with van der Waals surface area (Å²) in [4.78, 5) is 0. The molecule has 0 atom stereocenters. The highest BCUT2D eigenvalue weighted by molar-refractivity contribution is 7.80. The molecule has 0 aliphatic carbocycles. The SMILES string of the molecule is C=P(C)(C)Cc1cc(NC(=S)N2CCCCN2)c(C)cc1C. The summed E-state index contributed by atoms with van der Waals surface area (Å²) in [5.74, 6) is 0. The predicted octanol–water partition coefficient (Wildman–Crippen LogP) is 3.81. The molecule has 5 heteroatoms. The molecule has 2 N–H and O–H groups in total. The largest absolute Gasteiger partial charge is 0.331 e. The Morgan fingerprint density at radius 2 is 2.05 bits per heavy atom. The number of nitrogens with one attached hydrogen (secondary N) is 2. The summed E-state index contributed by atoms with van der Waals surface area (Å²) >= 11 is 5.55. The van der Waals surface area contributed by atoms with Crippen LogP contribution < -0.4 is 10.7 Å². The molecule has 0 bridgehead atoms. The molecule has 0 unspecified atom stereocenters. The van der Waals surface area contributed by atoms with Crippen molar-refractivity contribution in [2.45, 2.75) is 32.9 Å². The summed E-state index contributed by atoms with van der Waals surface area (Å²) in [6.07, 6.45) is 7.82.